The summed E-state index contributed by atoms with van der Waals surface area (Å²) in [6, 6.07) is 14.4. The number of hydrogen-bond acceptors (Lipinski definition) is 2. The molecular weight excluding hydrogens is 339 g/mol. The lowest BCUT2D eigenvalue weighted by molar-refractivity contribution is -0.0768. The molecule has 26 heavy (non-hydrogen) atoms. The summed E-state index contributed by atoms with van der Waals surface area (Å²) in [5.41, 5.74) is 0.917. The summed E-state index contributed by atoms with van der Waals surface area (Å²) in [5, 5.41) is 0. The smallest absolute Gasteiger partial charge is 0.266 e. The SMILES string of the molecule is Fc1ccc(OCCCN2CC[CH]C(F)(F)C2Cc2ccccc2)cc1. The zero-order valence-corrected chi connectivity index (χ0v) is 14.6. The fraction of sp³-hybridized carbons (Fsp3) is 0.381. The summed E-state index contributed by atoms with van der Waals surface area (Å²) in [7, 11) is 0. The molecule has 139 valence electrons. The summed E-state index contributed by atoms with van der Waals surface area (Å²) in [6.07, 6.45) is 2.49. The number of hydrogen-bond donors (Lipinski definition) is 0. The number of nitrogens with zero attached hydrogens (tertiary/aromatic N) is 1. The highest BCUT2D eigenvalue weighted by molar-refractivity contribution is 5.22. The molecule has 1 heterocycles. The average molecular weight is 362 g/mol. The molecule has 1 aliphatic rings. The Kier molecular flexibility index (Phi) is 6.20. The Hall–Kier alpha value is -2.01. The van der Waals surface area contributed by atoms with Crippen LogP contribution in [-0.4, -0.2) is 36.6 Å². The molecule has 2 aromatic carbocycles. The molecule has 1 aliphatic heterocycles. The topological polar surface area (TPSA) is 12.5 Å². The van der Waals surface area contributed by atoms with Gasteiger partial charge in [-0.1, -0.05) is 30.3 Å². The van der Waals surface area contributed by atoms with E-state index in [4.69, 9.17) is 4.74 Å². The fourth-order valence-corrected chi connectivity index (χ4v) is 3.32. The average Bonchev–Trinajstić information content (AvgIpc) is 2.63. The van der Waals surface area contributed by atoms with Crippen LogP contribution < -0.4 is 4.74 Å². The molecule has 1 saturated heterocycles. The van der Waals surface area contributed by atoms with E-state index in [1.165, 1.54) is 12.1 Å². The first-order chi connectivity index (χ1) is 12.5. The summed E-state index contributed by atoms with van der Waals surface area (Å²) in [5.74, 6) is -2.52. The second kappa shape index (κ2) is 8.58. The molecule has 1 radical (unpaired) electrons. The van der Waals surface area contributed by atoms with Crippen molar-refractivity contribution in [1.29, 1.82) is 0 Å². The van der Waals surface area contributed by atoms with Gasteiger partial charge in [-0.05, 0) is 55.6 Å². The van der Waals surface area contributed by atoms with Crippen LogP contribution in [0.4, 0.5) is 13.2 Å². The number of halogens is 3. The van der Waals surface area contributed by atoms with Crippen LogP contribution in [0.2, 0.25) is 0 Å². The molecule has 5 heteroatoms. The zero-order valence-electron chi connectivity index (χ0n) is 14.6. The molecule has 1 atom stereocenters. The Morgan fingerprint density at radius 3 is 2.50 bits per heavy atom. The predicted molar refractivity (Wildman–Crippen MR) is 95.9 cm³/mol. The predicted octanol–water partition coefficient (Wildman–Crippen LogP) is 4.75. The van der Waals surface area contributed by atoms with Crippen LogP contribution in [0.25, 0.3) is 0 Å². The van der Waals surface area contributed by atoms with Crippen molar-refractivity contribution < 1.29 is 17.9 Å². The van der Waals surface area contributed by atoms with Gasteiger partial charge in [0, 0.05) is 13.0 Å². The van der Waals surface area contributed by atoms with Crippen molar-refractivity contribution in [2.45, 2.75) is 31.2 Å². The normalized spacial score (nSPS) is 20.0. The first kappa shape index (κ1) is 18.8. The number of alkyl halides is 2. The van der Waals surface area contributed by atoms with E-state index in [-0.39, 0.29) is 5.82 Å². The number of benzene rings is 2. The molecule has 1 fully saturated rings. The maximum atomic E-state index is 14.5. The van der Waals surface area contributed by atoms with E-state index in [0.717, 1.165) is 12.0 Å². The largest absolute Gasteiger partial charge is 0.494 e. The minimum Gasteiger partial charge on any atom is -0.494 e. The molecule has 0 amide bonds. The molecule has 0 bridgehead atoms. The van der Waals surface area contributed by atoms with Gasteiger partial charge in [-0.2, -0.15) is 0 Å². The summed E-state index contributed by atoms with van der Waals surface area (Å²) in [6.45, 7) is 1.58. The highest BCUT2D eigenvalue weighted by atomic mass is 19.3. The second-order valence-electron chi connectivity index (χ2n) is 6.56. The summed E-state index contributed by atoms with van der Waals surface area (Å²) >= 11 is 0. The van der Waals surface area contributed by atoms with Gasteiger partial charge in [-0.15, -0.1) is 0 Å². The Morgan fingerprint density at radius 1 is 1.04 bits per heavy atom. The molecule has 2 nitrogen and oxygen atoms in total. The van der Waals surface area contributed by atoms with E-state index in [9.17, 15) is 13.2 Å². The molecule has 0 aliphatic carbocycles. The van der Waals surface area contributed by atoms with E-state index in [1.807, 2.05) is 35.2 Å². The highest BCUT2D eigenvalue weighted by Gasteiger charge is 2.45. The van der Waals surface area contributed by atoms with Gasteiger partial charge < -0.3 is 4.74 Å². The third-order valence-electron chi connectivity index (χ3n) is 4.66. The minimum atomic E-state index is -2.80. The van der Waals surface area contributed by atoms with Crippen LogP contribution in [0, 0.1) is 12.2 Å². The van der Waals surface area contributed by atoms with Crippen LogP contribution in [0.15, 0.2) is 54.6 Å². The van der Waals surface area contributed by atoms with Crippen molar-refractivity contribution >= 4 is 0 Å². The third-order valence-corrected chi connectivity index (χ3v) is 4.66. The lowest BCUT2D eigenvalue weighted by Crippen LogP contribution is -2.54. The molecule has 0 N–H and O–H groups in total. The first-order valence-corrected chi connectivity index (χ1v) is 8.93. The van der Waals surface area contributed by atoms with Crippen molar-refractivity contribution in [2.24, 2.45) is 0 Å². The fourth-order valence-electron chi connectivity index (χ4n) is 3.32. The first-order valence-electron chi connectivity index (χ1n) is 8.93. The Labute approximate surface area is 152 Å². The number of ether oxygens (including phenoxy) is 1. The molecule has 0 saturated carbocycles. The molecule has 0 aromatic heterocycles. The lowest BCUT2D eigenvalue weighted by atomic mass is 9.92. The number of piperidine rings is 1. The standard InChI is InChI=1S/C21H23F3NO/c22-18-8-10-19(11-9-18)26-15-5-14-25-13-4-12-21(23,24)20(25)16-17-6-2-1-3-7-17/h1-3,6-12,20H,4-5,13-16H2. The quantitative estimate of drug-likeness (QED) is 0.659. The van der Waals surface area contributed by atoms with Crippen LogP contribution in [0.1, 0.15) is 18.4 Å². The summed E-state index contributed by atoms with van der Waals surface area (Å²) in [4.78, 5) is 1.86. The minimum absolute atomic E-state index is 0.312. The van der Waals surface area contributed by atoms with Gasteiger partial charge in [0.2, 0.25) is 0 Å². The van der Waals surface area contributed by atoms with Crippen LogP contribution in [-0.2, 0) is 6.42 Å². The molecule has 3 rings (SSSR count). The Bertz CT molecular complexity index is 675. The van der Waals surface area contributed by atoms with Gasteiger partial charge in [-0.3, -0.25) is 4.90 Å². The van der Waals surface area contributed by atoms with Crippen molar-refractivity contribution in [3.63, 3.8) is 0 Å². The molecule has 0 spiro atoms. The maximum absolute atomic E-state index is 14.5. The summed E-state index contributed by atoms with van der Waals surface area (Å²) < 4.78 is 47.4. The number of rotatable bonds is 7. The van der Waals surface area contributed by atoms with E-state index >= 15 is 0 Å². The van der Waals surface area contributed by atoms with E-state index in [2.05, 4.69) is 0 Å². The van der Waals surface area contributed by atoms with E-state index in [0.29, 0.717) is 44.7 Å². The molecular formula is C21H23F3NO. The Morgan fingerprint density at radius 2 is 1.77 bits per heavy atom. The van der Waals surface area contributed by atoms with E-state index in [1.54, 1.807) is 12.1 Å². The number of likely N-dealkylation sites (tertiary alicyclic amines) is 1. The van der Waals surface area contributed by atoms with Crippen molar-refractivity contribution in [3.05, 3.63) is 72.4 Å². The van der Waals surface area contributed by atoms with Gasteiger partial charge in [-0.25, -0.2) is 13.2 Å². The van der Waals surface area contributed by atoms with Gasteiger partial charge in [0.1, 0.15) is 11.6 Å². The molecule has 2 aromatic rings. The zero-order chi connectivity index (χ0) is 18.4. The third kappa shape index (κ3) is 5.01. The van der Waals surface area contributed by atoms with Crippen molar-refractivity contribution in [1.82, 2.24) is 4.90 Å². The van der Waals surface area contributed by atoms with E-state index < -0.39 is 12.0 Å². The van der Waals surface area contributed by atoms with Gasteiger partial charge >= 0.3 is 0 Å². The van der Waals surface area contributed by atoms with Gasteiger partial charge in [0.05, 0.1) is 12.6 Å². The monoisotopic (exact) mass is 362 g/mol. The lowest BCUT2D eigenvalue weighted by Gasteiger charge is -2.41. The van der Waals surface area contributed by atoms with Crippen LogP contribution >= 0.6 is 0 Å². The second-order valence-corrected chi connectivity index (χ2v) is 6.56. The van der Waals surface area contributed by atoms with Crippen molar-refractivity contribution in [2.75, 3.05) is 19.7 Å². The van der Waals surface area contributed by atoms with Gasteiger partial charge in [0.25, 0.3) is 5.92 Å². The van der Waals surface area contributed by atoms with Crippen LogP contribution in [0.3, 0.4) is 0 Å². The highest BCUT2D eigenvalue weighted by Crippen LogP contribution is 2.34. The Balaban J connectivity index is 1.54. The molecule has 1 unspecified atom stereocenters. The van der Waals surface area contributed by atoms with Gasteiger partial charge in [0.15, 0.2) is 0 Å². The van der Waals surface area contributed by atoms with Crippen LogP contribution in [0.5, 0.6) is 5.75 Å². The maximum Gasteiger partial charge on any atom is 0.266 e. The van der Waals surface area contributed by atoms with Crippen molar-refractivity contribution in [3.8, 4) is 5.75 Å².